The van der Waals surface area contributed by atoms with Crippen molar-refractivity contribution in [1.29, 1.82) is 0 Å². The topological polar surface area (TPSA) is 70.7 Å². The number of ketones is 1. The Morgan fingerprint density at radius 1 is 1.13 bits per heavy atom. The molecule has 2 aromatic carbocycles. The number of methoxy groups -OCH3 is 1. The number of carbonyl (C=O) groups excluding carboxylic acids is 1. The van der Waals surface area contributed by atoms with Gasteiger partial charge in [-0.2, -0.15) is 0 Å². The van der Waals surface area contributed by atoms with Crippen molar-refractivity contribution in [1.82, 2.24) is 4.57 Å². The van der Waals surface area contributed by atoms with Gasteiger partial charge >= 0.3 is 5.63 Å². The molecule has 0 unspecified atom stereocenters. The zero-order valence-electron chi connectivity index (χ0n) is 18.4. The molecule has 0 saturated carbocycles. The summed E-state index contributed by atoms with van der Waals surface area (Å²) in [7, 11) is 3.54. The molecule has 6 heteroatoms. The zero-order valence-corrected chi connectivity index (χ0v) is 18.4. The Bertz CT molecular complexity index is 1380. The molecule has 0 fully saturated rings. The second-order valence-corrected chi connectivity index (χ2v) is 7.69. The third kappa shape index (κ3) is 3.58. The van der Waals surface area contributed by atoms with Gasteiger partial charge in [0.2, 0.25) is 5.78 Å². The van der Waals surface area contributed by atoms with Crippen molar-refractivity contribution in [2.75, 3.05) is 13.7 Å². The number of ether oxygens (including phenoxy) is 2. The van der Waals surface area contributed by atoms with Gasteiger partial charge < -0.3 is 18.5 Å². The number of hydrogen-bond acceptors (Lipinski definition) is 5. The maximum atomic E-state index is 13.2. The lowest BCUT2D eigenvalue weighted by atomic mass is 10.0. The number of benzene rings is 2. The van der Waals surface area contributed by atoms with Crippen LogP contribution in [0.15, 0.2) is 45.6 Å². The van der Waals surface area contributed by atoms with Gasteiger partial charge in [-0.3, -0.25) is 4.79 Å². The van der Waals surface area contributed by atoms with Crippen molar-refractivity contribution in [3.63, 3.8) is 0 Å². The van der Waals surface area contributed by atoms with Crippen LogP contribution in [0.5, 0.6) is 11.5 Å². The molecule has 4 aromatic rings. The van der Waals surface area contributed by atoms with Crippen LogP contribution in [0.1, 0.15) is 34.1 Å². The molecule has 0 aliphatic rings. The van der Waals surface area contributed by atoms with Crippen molar-refractivity contribution < 1.29 is 18.7 Å². The van der Waals surface area contributed by atoms with Crippen molar-refractivity contribution in [3.05, 3.63) is 69.2 Å². The minimum Gasteiger partial charge on any atom is -0.497 e. The standard InChI is InChI=1S/C25H25NO5/c1-6-16-11-23(28)31-22-10-14(2)9-21(25(16)22)30-13-20(27)24-15(3)26(4)19-8-7-17(29-5)12-18(19)24/h7-12H,6,13H2,1-5H3. The summed E-state index contributed by atoms with van der Waals surface area (Å²) in [6, 6.07) is 10.9. The van der Waals surface area contributed by atoms with Crippen molar-refractivity contribution in [2.24, 2.45) is 7.05 Å². The number of aromatic nitrogens is 1. The molecule has 31 heavy (non-hydrogen) atoms. The molecule has 0 radical (unpaired) electrons. The fourth-order valence-corrected chi connectivity index (χ4v) is 4.11. The molecular formula is C25H25NO5. The highest BCUT2D eigenvalue weighted by Gasteiger charge is 2.20. The van der Waals surface area contributed by atoms with Crippen LogP contribution in [0.3, 0.4) is 0 Å². The predicted molar refractivity (Wildman–Crippen MR) is 121 cm³/mol. The van der Waals surface area contributed by atoms with Gasteiger partial charge in [-0.25, -0.2) is 4.79 Å². The van der Waals surface area contributed by atoms with Gasteiger partial charge in [-0.1, -0.05) is 6.92 Å². The average molecular weight is 419 g/mol. The van der Waals surface area contributed by atoms with E-state index < -0.39 is 5.63 Å². The molecule has 4 rings (SSSR count). The molecule has 2 heterocycles. The first kappa shape index (κ1) is 20.7. The second kappa shape index (κ2) is 7.95. The monoisotopic (exact) mass is 419 g/mol. The quantitative estimate of drug-likeness (QED) is 0.334. The van der Waals surface area contributed by atoms with Crippen LogP contribution in [-0.4, -0.2) is 24.1 Å². The average Bonchev–Trinajstić information content (AvgIpc) is 3.00. The minimum atomic E-state index is -0.391. The van der Waals surface area contributed by atoms with Gasteiger partial charge in [-0.15, -0.1) is 0 Å². The third-order valence-corrected chi connectivity index (χ3v) is 5.75. The maximum absolute atomic E-state index is 13.2. The molecule has 0 bridgehead atoms. The summed E-state index contributed by atoms with van der Waals surface area (Å²) in [4.78, 5) is 25.1. The van der Waals surface area contributed by atoms with E-state index >= 15 is 0 Å². The molecule has 0 aliphatic carbocycles. The summed E-state index contributed by atoms with van der Waals surface area (Å²) in [5, 5.41) is 1.57. The predicted octanol–water partition coefficient (Wildman–Crippen LogP) is 4.73. The van der Waals surface area contributed by atoms with Crippen LogP contribution in [0.4, 0.5) is 0 Å². The van der Waals surface area contributed by atoms with Gasteiger partial charge in [0, 0.05) is 35.3 Å². The molecule has 0 atom stereocenters. The van der Waals surface area contributed by atoms with Gasteiger partial charge in [0.25, 0.3) is 0 Å². The summed E-state index contributed by atoms with van der Waals surface area (Å²) in [6.45, 7) is 5.66. The highest BCUT2D eigenvalue weighted by atomic mass is 16.5. The Labute approximate surface area is 180 Å². The number of Topliss-reactive ketones (excluding diaryl/α,β-unsaturated/α-hetero) is 1. The maximum Gasteiger partial charge on any atom is 0.336 e. The number of hydrogen-bond donors (Lipinski definition) is 0. The van der Waals surface area contributed by atoms with E-state index in [1.54, 1.807) is 7.11 Å². The van der Waals surface area contributed by atoms with Crippen molar-refractivity contribution in [3.8, 4) is 11.5 Å². The molecule has 2 aromatic heterocycles. The fourth-order valence-electron chi connectivity index (χ4n) is 4.11. The van der Waals surface area contributed by atoms with Crippen LogP contribution in [0.2, 0.25) is 0 Å². The van der Waals surface area contributed by atoms with E-state index in [1.807, 2.05) is 62.7 Å². The Hall–Kier alpha value is -3.54. The molecule has 0 spiro atoms. The van der Waals surface area contributed by atoms with E-state index in [4.69, 9.17) is 13.9 Å². The number of carbonyl (C=O) groups is 1. The number of rotatable bonds is 6. The first-order valence-electron chi connectivity index (χ1n) is 10.2. The van der Waals surface area contributed by atoms with E-state index in [1.165, 1.54) is 6.07 Å². The molecule has 6 nitrogen and oxygen atoms in total. The van der Waals surface area contributed by atoms with Gasteiger partial charge in [0.1, 0.15) is 17.1 Å². The van der Waals surface area contributed by atoms with Crippen LogP contribution in [0.25, 0.3) is 21.9 Å². The highest BCUT2D eigenvalue weighted by molar-refractivity contribution is 6.10. The molecular weight excluding hydrogens is 394 g/mol. The Morgan fingerprint density at radius 3 is 2.61 bits per heavy atom. The van der Waals surface area contributed by atoms with Crippen LogP contribution in [-0.2, 0) is 13.5 Å². The molecule has 0 saturated heterocycles. The zero-order chi connectivity index (χ0) is 22.3. The summed E-state index contributed by atoms with van der Waals surface area (Å²) in [5.74, 6) is 1.11. The van der Waals surface area contributed by atoms with Crippen molar-refractivity contribution in [2.45, 2.75) is 27.2 Å². The summed E-state index contributed by atoms with van der Waals surface area (Å²) < 4.78 is 18.7. The summed E-state index contributed by atoms with van der Waals surface area (Å²) in [6.07, 6.45) is 0.650. The molecule has 0 N–H and O–H groups in total. The normalized spacial score (nSPS) is 11.3. The Morgan fingerprint density at radius 2 is 1.90 bits per heavy atom. The lowest BCUT2D eigenvalue weighted by Crippen LogP contribution is -2.13. The minimum absolute atomic E-state index is 0.124. The van der Waals surface area contributed by atoms with Gasteiger partial charge in [-0.05, 0) is 61.7 Å². The van der Waals surface area contributed by atoms with E-state index in [-0.39, 0.29) is 12.4 Å². The number of aryl methyl sites for hydroxylation is 3. The third-order valence-electron chi connectivity index (χ3n) is 5.75. The summed E-state index contributed by atoms with van der Waals surface area (Å²) in [5.41, 5.74) is 4.24. The fraction of sp³-hybridized carbons (Fsp3) is 0.280. The van der Waals surface area contributed by atoms with Crippen LogP contribution >= 0.6 is 0 Å². The SMILES string of the molecule is CCc1cc(=O)oc2cc(C)cc(OCC(=O)c3c(C)n(C)c4ccc(OC)cc34)c12. The summed E-state index contributed by atoms with van der Waals surface area (Å²) >= 11 is 0. The first-order valence-corrected chi connectivity index (χ1v) is 10.2. The van der Waals surface area contributed by atoms with Crippen molar-refractivity contribution >= 4 is 27.7 Å². The largest absolute Gasteiger partial charge is 0.497 e. The van der Waals surface area contributed by atoms with Crippen LogP contribution in [0, 0.1) is 13.8 Å². The molecule has 160 valence electrons. The second-order valence-electron chi connectivity index (χ2n) is 7.69. The highest BCUT2D eigenvalue weighted by Crippen LogP contribution is 2.32. The Balaban J connectivity index is 1.74. The van der Waals surface area contributed by atoms with Gasteiger partial charge in [0.15, 0.2) is 6.61 Å². The molecule has 0 aliphatic heterocycles. The smallest absolute Gasteiger partial charge is 0.336 e. The van der Waals surface area contributed by atoms with E-state index in [0.717, 1.165) is 33.1 Å². The van der Waals surface area contributed by atoms with E-state index in [2.05, 4.69) is 0 Å². The van der Waals surface area contributed by atoms with Gasteiger partial charge in [0.05, 0.1) is 12.5 Å². The Kier molecular flexibility index (Phi) is 5.31. The van der Waals surface area contributed by atoms with E-state index in [0.29, 0.717) is 29.1 Å². The lowest BCUT2D eigenvalue weighted by Gasteiger charge is -2.12. The number of fused-ring (bicyclic) bond motifs is 2. The molecule has 0 amide bonds. The van der Waals surface area contributed by atoms with E-state index in [9.17, 15) is 9.59 Å². The van der Waals surface area contributed by atoms with Crippen LogP contribution < -0.4 is 15.1 Å². The lowest BCUT2D eigenvalue weighted by molar-refractivity contribution is 0.0923. The first-order chi connectivity index (χ1) is 14.8. The number of nitrogens with zero attached hydrogens (tertiary/aromatic N) is 1.